The summed E-state index contributed by atoms with van der Waals surface area (Å²) in [7, 11) is 0. The Morgan fingerprint density at radius 1 is 1.26 bits per heavy atom. The Bertz CT molecular complexity index is 657. The van der Waals surface area contributed by atoms with E-state index in [1.807, 2.05) is 6.92 Å². The van der Waals surface area contributed by atoms with Crippen LogP contribution >= 0.6 is 0 Å². The van der Waals surface area contributed by atoms with Gasteiger partial charge >= 0.3 is 6.36 Å². The van der Waals surface area contributed by atoms with Gasteiger partial charge in [0.2, 0.25) is 5.91 Å². The summed E-state index contributed by atoms with van der Waals surface area (Å²) in [6.45, 7) is 4.46. The van der Waals surface area contributed by atoms with E-state index >= 15 is 0 Å². The van der Waals surface area contributed by atoms with E-state index in [4.69, 9.17) is 4.74 Å². The van der Waals surface area contributed by atoms with Gasteiger partial charge in [0.25, 0.3) is 0 Å². The van der Waals surface area contributed by atoms with Crippen molar-refractivity contribution >= 4 is 5.91 Å². The zero-order chi connectivity index (χ0) is 22.6. The van der Waals surface area contributed by atoms with Crippen LogP contribution in [0.25, 0.3) is 0 Å². The minimum absolute atomic E-state index is 0.0656. The largest absolute Gasteiger partial charge is 0.522 e. The number of nitrogens with one attached hydrogen (secondary N) is 3. The number of carbonyl (C=O) groups excluding carboxylic acids is 1. The Morgan fingerprint density at radius 2 is 2.03 bits per heavy atom. The van der Waals surface area contributed by atoms with E-state index in [1.54, 1.807) is 0 Å². The van der Waals surface area contributed by atoms with Crippen LogP contribution in [0.1, 0.15) is 52.4 Å². The fourth-order valence-corrected chi connectivity index (χ4v) is 5.58. The van der Waals surface area contributed by atoms with Crippen LogP contribution in [0.2, 0.25) is 0 Å². The number of fused-ring (bicyclic) bond motifs is 1. The van der Waals surface area contributed by atoms with Crippen LogP contribution in [0.4, 0.5) is 13.2 Å². The third-order valence-electron chi connectivity index (χ3n) is 6.76. The predicted octanol–water partition coefficient (Wildman–Crippen LogP) is 2.22. The molecule has 8 unspecified atom stereocenters. The van der Waals surface area contributed by atoms with Gasteiger partial charge in [-0.15, -0.1) is 13.2 Å². The molecule has 1 aliphatic heterocycles. The van der Waals surface area contributed by atoms with Crippen LogP contribution in [0.15, 0.2) is 0 Å². The van der Waals surface area contributed by atoms with Gasteiger partial charge in [-0.05, 0) is 51.4 Å². The van der Waals surface area contributed by atoms with E-state index in [1.165, 1.54) is 6.92 Å². The molecule has 3 fully saturated rings. The van der Waals surface area contributed by atoms with Crippen LogP contribution in [0, 0.1) is 23.2 Å². The summed E-state index contributed by atoms with van der Waals surface area (Å²) in [5.74, 6) is -0.361. The molecule has 2 saturated carbocycles. The maximum atomic E-state index is 12.7. The molecule has 0 spiro atoms. The van der Waals surface area contributed by atoms with E-state index in [2.05, 4.69) is 26.8 Å². The number of amides is 1. The van der Waals surface area contributed by atoms with Gasteiger partial charge in [-0.2, -0.15) is 5.26 Å². The topological polar surface area (TPSA) is 95.4 Å². The fourth-order valence-electron chi connectivity index (χ4n) is 5.58. The van der Waals surface area contributed by atoms with Gasteiger partial charge in [0, 0.05) is 38.2 Å². The molecule has 8 atom stereocenters. The summed E-state index contributed by atoms with van der Waals surface area (Å²) < 4.78 is 48.2. The molecule has 0 radical (unpaired) electrons. The van der Waals surface area contributed by atoms with E-state index in [0.29, 0.717) is 38.8 Å². The van der Waals surface area contributed by atoms with Gasteiger partial charge in [-0.3, -0.25) is 9.53 Å². The Labute approximate surface area is 181 Å². The van der Waals surface area contributed by atoms with Gasteiger partial charge in [-0.25, -0.2) is 0 Å². The van der Waals surface area contributed by atoms with Crippen molar-refractivity contribution in [1.82, 2.24) is 16.0 Å². The maximum Gasteiger partial charge on any atom is 0.522 e. The average molecular weight is 447 g/mol. The molecule has 3 aliphatic rings. The minimum Gasteiger partial charge on any atom is -0.376 e. The second-order valence-electron chi connectivity index (χ2n) is 8.93. The lowest BCUT2D eigenvalue weighted by molar-refractivity contribution is -0.345. The number of rotatable bonds is 6. The van der Waals surface area contributed by atoms with E-state index in [9.17, 15) is 23.2 Å². The quantitative estimate of drug-likeness (QED) is 0.579. The summed E-state index contributed by atoms with van der Waals surface area (Å²) in [5.41, 5.74) is 0. The van der Waals surface area contributed by atoms with Gasteiger partial charge < -0.3 is 20.7 Å². The molecular formula is C21H33F3N4O3. The minimum atomic E-state index is -4.63. The normalized spacial score (nSPS) is 38.7. The third-order valence-corrected chi connectivity index (χ3v) is 6.76. The number of hydrogen-bond donors (Lipinski definition) is 3. The number of nitrogens with zero attached hydrogens (tertiary/aromatic N) is 1. The van der Waals surface area contributed by atoms with Gasteiger partial charge in [-0.1, -0.05) is 0 Å². The van der Waals surface area contributed by atoms with Gasteiger partial charge in [0.1, 0.15) is 0 Å². The molecule has 31 heavy (non-hydrogen) atoms. The van der Waals surface area contributed by atoms with Crippen molar-refractivity contribution < 1.29 is 27.4 Å². The second-order valence-corrected chi connectivity index (χ2v) is 8.93. The van der Waals surface area contributed by atoms with Gasteiger partial charge in [0.15, 0.2) is 0 Å². The standard InChI is InChI=1S/C21H33F3N4O3/c1-3-30-19-9-17-16(8-18(19)27-12(2)29)20(13(10-25)11-26-17)28-14-5-4-6-15(7-14)31-21(22,23)24/h13-20,26,28H,3-9,11H2,1-2H3,(H,27,29). The fraction of sp³-hybridized carbons (Fsp3) is 0.905. The van der Waals surface area contributed by atoms with Crippen LogP contribution in [-0.4, -0.2) is 61.8 Å². The number of alkyl halides is 3. The summed E-state index contributed by atoms with van der Waals surface area (Å²) in [6, 6.07) is 2.03. The predicted molar refractivity (Wildman–Crippen MR) is 107 cm³/mol. The lowest BCUT2D eigenvalue weighted by atomic mass is 9.69. The lowest BCUT2D eigenvalue weighted by Crippen LogP contribution is -2.66. The maximum absolute atomic E-state index is 12.7. The third kappa shape index (κ3) is 6.54. The first kappa shape index (κ1) is 24.2. The molecule has 0 bridgehead atoms. The van der Waals surface area contributed by atoms with E-state index in [-0.39, 0.29) is 54.4 Å². The molecule has 0 aromatic heterocycles. The molecule has 10 heteroatoms. The van der Waals surface area contributed by atoms with E-state index < -0.39 is 12.5 Å². The molecule has 1 saturated heterocycles. The lowest BCUT2D eigenvalue weighted by Gasteiger charge is -2.50. The van der Waals surface area contributed by atoms with Crippen LogP contribution in [0.3, 0.4) is 0 Å². The van der Waals surface area contributed by atoms with Crippen molar-refractivity contribution in [3.63, 3.8) is 0 Å². The molecule has 1 amide bonds. The smallest absolute Gasteiger partial charge is 0.376 e. The summed E-state index contributed by atoms with van der Waals surface area (Å²) >= 11 is 0. The number of carbonyl (C=O) groups is 1. The van der Waals surface area contributed by atoms with Crippen molar-refractivity contribution in [2.75, 3.05) is 13.2 Å². The first-order chi connectivity index (χ1) is 14.7. The molecule has 2 aliphatic carbocycles. The van der Waals surface area contributed by atoms with Crippen molar-refractivity contribution in [2.45, 2.75) is 95.1 Å². The molecule has 0 aromatic rings. The molecule has 7 nitrogen and oxygen atoms in total. The Hall–Kier alpha value is -1.41. The number of nitriles is 1. The Balaban J connectivity index is 1.71. The zero-order valence-electron chi connectivity index (χ0n) is 18.1. The molecule has 176 valence electrons. The first-order valence-corrected chi connectivity index (χ1v) is 11.2. The van der Waals surface area contributed by atoms with Crippen molar-refractivity contribution in [3.05, 3.63) is 0 Å². The number of piperidine rings is 1. The van der Waals surface area contributed by atoms with E-state index in [0.717, 1.165) is 6.42 Å². The van der Waals surface area contributed by atoms with Crippen molar-refractivity contribution in [3.8, 4) is 6.07 Å². The Morgan fingerprint density at radius 3 is 2.68 bits per heavy atom. The number of ether oxygens (including phenoxy) is 2. The van der Waals surface area contributed by atoms with Crippen LogP contribution < -0.4 is 16.0 Å². The number of halogens is 3. The molecule has 3 N–H and O–H groups in total. The highest BCUT2D eigenvalue weighted by Gasteiger charge is 2.47. The van der Waals surface area contributed by atoms with Crippen LogP contribution in [-0.2, 0) is 14.3 Å². The highest BCUT2D eigenvalue weighted by molar-refractivity contribution is 5.73. The molecular weight excluding hydrogens is 413 g/mol. The zero-order valence-corrected chi connectivity index (χ0v) is 18.1. The SMILES string of the molecule is CCOC1CC2NCC(C#N)C(NC3CCCC(OC(F)(F)F)C3)C2CC1NC(C)=O. The van der Waals surface area contributed by atoms with Crippen molar-refractivity contribution in [2.24, 2.45) is 11.8 Å². The molecule has 1 heterocycles. The Kier molecular flexibility index (Phi) is 8.19. The second kappa shape index (κ2) is 10.5. The van der Waals surface area contributed by atoms with Gasteiger partial charge in [0.05, 0.1) is 30.2 Å². The summed E-state index contributed by atoms with van der Waals surface area (Å²) in [6.07, 6.45) is -2.18. The highest BCUT2D eigenvalue weighted by atomic mass is 19.4. The van der Waals surface area contributed by atoms with Crippen LogP contribution in [0.5, 0.6) is 0 Å². The molecule has 0 aromatic carbocycles. The highest BCUT2D eigenvalue weighted by Crippen LogP contribution is 2.36. The average Bonchev–Trinajstić information content (AvgIpc) is 2.68. The van der Waals surface area contributed by atoms with Crippen molar-refractivity contribution in [1.29, 1.82) is 5.26 Å². The monoisotopic (exact) mass is 446 g/mol. The number of hydrogen-bond acceptors (Lipinski definition) is 6. The summed E-state index contributed by atoms with van der Waals surface area (Å²) in [4.78, 5) is 11.7. The molecule has 3 rings (SSSR count). The summed E-state index contributed by atoms with van der Waals surface area (Å²) in [5, 5.41) is 19.7. The first-order valence-electron chi connectivity index (χ1n) is 11.2.